The third-order valence-corrected chi connectivity index (χ3v) is 7.03. The van der Waals surface area contributed by atoms with Crippen LogP contribution in [-0.4, -0.2) is 44.7 Å². The van der Waals surface area contributed by atoms with E-state index in [1.807, 2.05) is 0 Å². The summed E-state index contributed by atoms with van der Waals surface area (Å²) in [6, 6.07) is 5.72. The standard InChI is InChI=1S/C21H25F2N3O4S/c1-5-26(6-2)31(29,30)18-12-15(8-7-13(18)3)20(27)25-19(21(28)24-4)14-9-10-16(22)17(23)11-14/h7-12,19H,5-6H2,1-4H3,(H,24,28)(H,25,27). The molecule has 1 atom stereocenters. The maximum Gasteiger partial charge on any atom is 0.252 e. The zero-order valence-corrected chi connectivity index (χ0v) is 18.5. The highest BCUT2D eigenvalue weighted by Crippen LogP contribution is 2.23. The number of nitrogens with zero attached hydrogens (tertiary/aromatic N) is 1. The largest absolute Gasteiger partial charge is 0.357 e. The van der Waals surface area contributed by atoms with Crippen molar-refractivity contribution in [1.29, 1.82) is 0 Å². The number of rotatable bonds is 8. The minimum absolute atomic E-state index is 0.00724. The highest BCUT2D eigenvalue weighted by molar-refractivity contribution is 7.89. The molecule has 2 aromatic carbocycles. The molecule has 2 N–H and O–H groups in total. The first-order valence-electron chi connectivity index (χ1n) is 9.65. The molecule has 0 saturated heterocycles. The van der Waals surface area contributed by atoms with Crippen molar-refractivity contribution in [2.45, 2.75) is 31.7 Å². The van der Waals surface area contributed by atoms with E-state index in [9.17, 15) is 26.8 Å². The zero-order valence-electron chi connectivity index (χ0n) is 17.7. The van der Waals surface area contributed by atoms with Crippen LogP contribution in [0.4, 0.5) is 8.78 Å². The third kappa shape index (κ3) is 5.26. The smallest absolute Gasteiger partial charge is 0.252 e. The van der Waals surface area contributed by atoms with Gasteiger partial charge in [-0.2, -0.15) is 4.31 Å². The normalized spacial score (nSPS) is 12.5. The Balaban J connectivity index is 2.43. The lowest BCUT2D eigenvalue weighted by Crippen LogP contribution is -2.39. The van der Waals surface area contributed by atoms with Gasteiger partial charge in [0.1, 0.15) is 6.04 Å². The minimum atomic E-state index is -3.82. The topological polar surface area (TPSA) is 95.6 Å². The Morgan fingerprint density at radius 3 is 2.23 bits per heavy atom. The lowest BCUT2D eigenvalue weighted by molar-refractivity contribution is -0.122. The van der Waals surface area contributed by atoms with Gasteiger partial charge in [-0.25, -0.2) is 17.2 Å². The van der Waals surface area contributed by atoms with Crippen LogP contribution < -0.4 is 10.6 Å². The Morgan fingerprint density at radius 2 is 1.68 bits per heavy atom. The SMILES string of the molecule is CCN(CC)S(=O)(=O)c1cc(C(=O)NC(C(=O)NC)c2ccc(F)c(F)c2)ccc1C. The van der Waals surface area contributed by atoms with Crippen molar-refractivity contribution in [2.24, 2.45) is 0 Å². The molecule has 0 heterocycles. The van der Waals surface area contributed by atoms with Crippen molar-refractivity contribution in [3.8, 4) is 0 Å². The number of hydrogen-bond donors (Lipinski definition) is 2. The molecule has 0 spiro atoms. The molecule has 2 amide bonds. The van der Waals surface area contributed by atoms with E-state index in [-0.39, 0.29) is 29.1 Å². The molecule has 0 aliphatic heterocycles. The minimum Gasteiger partial charge on any atom is -0.357 e. The number of carbonyl (C=O) groups excluding carboxylic acids is 2. The molecule has 0 aromatic heterocycles. The Morgan fingerprint density at radius 1 is 1.03 bits per heavy atom. The van der Waals surface area contributed by atoms with Gasteiger partial charge in [0.2, 0.25) is 15.9 Å². The van der Waals surface area contributed by atoms with Crippen LogP contribution in [0.15, 0.2) is 41.3 Å². The van der Waals surface area contributed by atoms with Crippen LogP contribution in [0, 0.1) is 18.6 Å². The van der Waals surface area contributed by atoms with Crippen molar-refractivity contribution in [2.75, 3.05) is 20.1 Å². The van der Waals surface area contributed by atoms with E-state index in [4.69, 9.17) is 0 Å². The van der Waals surface area contributed by atoms with Crippen LogP contribution in [0.3, 0.4) is 0 Å². The number of likely N-dealkylation sites (N-methyl/N-ethyl adjacent to an activating group) is 1. The molecule has 31 heavy (non-hydrogen) atoms. The number of amides is 2. The number of sulfonamides is 1. The summed E-state index contributed by atoms with van der Waals surface area (Å²) in [5.41, 5.74) is 0.509. The molecule has 168 valence electrons. The van der Waals surface area contributed by atoms with Crippen LogP contribution in [0.2, 0.25) is 0 Å². The van der Waals surface area contributed by atoms with Gasteiger partial charge < -0.3 is 10.6 Å². The summed E-state index contributed by atoms with van der Waals surface area (Å²) in [5, 5.41) is 4.81. The van der Waals surface area contributed by atoms with Crippen LogP contribution in [-0.2, 0) is 14.8 Å². The maximum atomic E-state index is 13.6. The summed E-state index contributed by atoms with van der Waals surface area (Å²) < 4.78 is 54.0. The number of hydrogen-bond acceptors (Lipinski definition) is 4. The fourth-order valence-corrected chi connectivity index (χ4v) is 4.78. The Kier molecular flexibility index (Phi) is 7.85. The third-order valence-electron chi connectivity index (χ3n) is 4.83. The van der Waals surface area contributed by atoms with Crippen LogP contribution in [0.25, 0.3) is 0 Å². The van der Waals surface area contributed by atoms with Crippen LogP contribution >= 0.6 is 0 Å². The molecule has 2 rings (SSSR count). The van der Waals surface area contributed by atoms with Crippen LogP contribution in [0.5, 0.6) is 0 Å². The van der Waals surface area contributed by atoms with Gasteiger partial charge in [-0.05, 0) is 42.3 Å². The molecule has 1 unspecified atom stereocenters. The molecule has 0 radical (unpaired) electrons. The van der Waals surface area contributed by atoms with Crippen molar-refractivity contribution in [3.63, 3.8) is 0 Å². The average Bonchev–Trinajstić information content (AvgIpc) is 2.74. The second kappa shape index (κ2) is 9.97. The zero-order chi connectivity index (χ0) is 23.3. The molecule has 10 heteroatoms. The van der Waals surface area contributed by atoms with E-state index in [1.165, 1.54) is 35.6 Å². The fraction of sp³-hybridized carbons (Fsp3) is 0.333. The summed E-state index contributed by atoms with van der Waals surface area (Å²) in [4.78, 5) is 25.1. The van der Waals surface area contributed by atoms with E-state index in [0.717, 1.165) is 12.1 Å². The summed E-state index contributed by atoms with van der Waals surface area (Å²) >= 11 is 0. The van der Waals surface area contributed by atoms with E-state index in [0.29, 0.717) is 5.56 Å². The molecule has 2 aromatic rings. The number of nitrogens with one attached hydrogen (secondary N) is 2. The summed E-state index contributed by atoms with van der Waals surface area (Å²) in [6.45, 7) is 5.57. The van der Waals surface area contributed by atoms with Crippen molar-refractivity contribution < 1.29 is 26.8 Å². The molecule has 7 nitrogen and oxygen atoms in total. The molecule has 0 bridgehead atoms. The number of carbonyl (C=O) groups is 2. The van der Waals surface area contributed by atoms with Gasteiger partial charge in [0.05, 0.1) is 4.90 Å². The number of halogens is 2. The average molecular weight is 454 g/mol. The molecule has 0 fully saturated rings. The van der Waals surface area contributed by atoms with Gasteiger partial charge >= 0.3 is 0 Å². The van der Waals surface area contributed by atoms with E-state index < -0.39 is 39.5 Å². The molecule has 0 saturated carbocycles. The second-order valence-corrected chi connectivity index (χ2v) is 8.67. The van der Waals surface area contributed by atoms with Crippen molar-refractivity contribution >= 4 is 21.8 Å². The number of benzene rings is 2. The van der Waals surface area contributed by atoms with Gasteiger partial charge in [-0.15, -0.1) is 0 Å². The van der Waals surface area contributed by atoms with E-state index >= 15 is 0 Å². The molecular formula is C21H25F2N3O4S. The first kappa shape index (κ1) is 24.4. The molecule has 0 aliphatic rings. The summed E-state index contributed by atoms with van der Waals surface area (Å²) in [5.74, 6) is -3.64. The quantitative estimate of drug-likeness (QED) is 0.642. The van der Waals surface area contributed by atoms with Gasteiger partial charge in [-0.3, -0.25) is 9.59 Å². The van der Waals surface area contributed by atoms with Gasteiger partial charge in [0, 0.05) is 25.7 Å². The van der Waals surface area contributed by atoms with E-state index in [2.05, 4.69) is 10.6 Å². The Hall–Kier alpha value is -2.85. The molecule has 0 aliphatic carbocycles. The second-order valence-electron chi connectivity index (χ2n) is 6.76. The van der Waals surface area contributed by atoms with Crippen molar-refractivity contribution in [3.05, 3.63) is 64.7 Å². The van der Waals surface area contributed by atoms with Gasteiger partial charge in [0.25, 0.3) is 5.91 Å². The van der Waals surface area contributed by atoms with E-state index in [1.54, 1.807) is 20.8 Å². The monoisotopic (exact) mass is 453 g/mol. The lowest BCUT2D eigenvalue weighted by atomic mass is 10.0. The summed E-state index contributed by atoms with van der Waals surface area (Å²) in [6.07, 6.45) is 0. The first-order valence-corrected chi connectivity index (χ1v) is 11.1. The predicted octanol–water partition coefficient (Wildman–Crippen LogP) is 2.52. The highest BCUT2D eigenvalue weighted by Gasteiger charge is 2.27. The lowest BCUT2D eigenvalue weighted by Gasteiger charge is -2.21. The van der Waals surface area contributed by atoms with Gasteiger partial charge in [-0.1, -0.05) is 26.0 Å². The number of aryl methyl sites for hydroxylation is 1. The first-order chi connectivity index (χ1) is 14.6. The highest BCUT2D eigenvalue weighted by atomic mass is 32.2. The Labute approximate surface area is 180 Å². The Bertz CT molecular complexity index is 1090. The molecular weight excluding hydrogens is 428 g/mol. The van der Waals surface area contributed by atoms with Crippen molar-refractivity contribution in [1.82, 2.24) is 14.9 Å². The summed E-state index contributed by atoms with van der Waals surface area (Å²) in [7, 11) is -2.48. The predicted molar refractivity (Wildman–Crippen MR) is 112 cm³/mol. The fourth-order valence-electron chi connectivity index (χ4n) is 3.07. The maximum absolute atomic E-state index is 13.6. The van der Waals surface area contributed by atoms with Crippen LogP contribution in [0.1, 0.15) is 41.4 Å². The van der Waals surface area contributed by atoms with Gasteiger partial charge in [0.15, 0.2) is 11.6 Å².